The average molecular weight is 368 g/mol. The first-order valence-corrected chi connectivity index (χ1v) is 8.98. The molecule has 0 spiro atoms. The number of phenols is 2. The van der Waals surface area contributed by atoms with Gasteiger partial charge in [-0.2, -0.15) is 5.10 Å². The Morgan fingerprint density at radius 2 is 1.78 bits per heavy atom. The van der Waals surface area contributed by atoms with Crippen molar-refractivity contribution in [3.63, 3.8) is 0 Å². The van der Waals surface area contributed by atoms with E-state index in [0.717, 1.165) is 26.2 Å². The fourth-order valence-electron chi connectivity index (χ4n) is 2.98. The Hall–Kier alpha value is -3.06. The van der Waals surface area contributed by atoms with Crippen molar-refractivity contribution in [2.24, 2.45) is 5.10 Å². The molecule has 0 saturated carbocycles. The lowest BCUT2D eigenvalue weighted by atomic mass is 10.2. The van der Waals surface area contributed by atoms with Gasteiger partial charge in [-0.1, -0.05) is 18.2 Å². The molecule has 3 N–H and O–H groups in total. The minimum Gasteiger partial charge on any atom is -0.504 e. The van der Waals surface area contributed by atoms with Crippen molar-refractivity contribution in [3.8, 4) is 11.5 Å². The Balaban J connectivity index is 1.37. The lowest BCUT2D eigenvalue weighted by Crippen LogP contribution is -2.47. The fourth-order valence-corrected chi connectivity index (χ4v) is 2.98. The van der Waals surface area contributed by atoms with Crippen LogP contribution in [0.5, 0.6) is 11.5 Å². The van der Waals surface area contributed by atoms with E-state index in [-0.39, 0.29) is 17.4 Å². The second kappa shape index (κ2) is 9.05. The van der Waals surface area contributed by atoms with Crippen molar-refractivity contribution >= 4 is 17.8 Å². The van der Waals surface area contributed by atoms with Gasteiger partial charge in [-0.3, -0.25) is 9.69 Å². The van der Waals surface area contributed by atoms with Crippen LogP contribution >= 0.6 is 0 Å². The van der Waals surface area contributed by atoms with Crippen molar-refractivity contribution in [1.29, 1.82) is 0 Å². The van der Waals surface area contributed by atoms with Crippen LogP contribution < -0.4 is 10.3 Å². The van der Waals surface area contributed by atoms with Gasteiger partial charge in [0.15, 0.2) is 11.5 Å². The monoisotopic (exact) mass is 368 g/mol. The van der Waals surface area contributed by atoms with E-state index in [0.29, 0.717) is 18.5 Å². The minimum atomic E-state index is -0.222. The fraction of sp³-hybridized carbons (Fsp3) is 0.300. The Bertz CT molecular complexity index is 787. The van der Waals surface area contributed by atoms with E-state index in [9.17, 15) is 15.0 Å². The highest BCUT2D eigenvalue weighted by molar-refractivity contribution is 5.83. The van der Waals surface area contributed by atoms with E-state index in [1.54, 1.807) is 6.07 Å². The Kier molecular flexibility index (Phi) is 6.27. The molecule has 1 aliphatic heterocycles. The number of hydrogen-bond acceptors (Lipinski definition) is 6. The van der Waals surface area contributed by atoms with Gasteiger partial charge in [0.25, 0.3) is 0 Å². The van der Waals surface area contributed by atoms with Crippen LogP contribution in [0.1, 0.15) is 12.0 Å². The number of carbonyl (C=O) groups excluding carboxylic acids is 1. The molecule has 0 aromatic heterocycles. The summed E-state index contributed by atoms with van der Waals surface area (Å²) in [6.45, 7) is 4.46. The molecule has 2 aromatic rings. The summed E-state index contributed by atoms with van der Waals surface area (Å²) in [6.07, 6.45) is 1.80. The zero-order valence-electron chi connectivity index (χ0n) is 15.1. The lowest BCUT2D eigenvalue weighted by molar-refractivity contribution is -0.121. The van der Waals surface area contributed by atoms with Gasteiger partial charge >= 0.3 is 0 Å². The standard InChI is InChI=1S/C20H24N4O3/c25-18-7-6-16(14-19(18)26)15-21-22-20(27)8-9-23-10-12-24(13-11-23)17-4-2-1-3-5-17/h1-7,14-15,25-26H,8-13H2,(H,22,27). The molecule has 7 heteroatoms. The number of phenolic OH excluding ortho intramolecular Hbond substituents is 2. The van der Waals surface area contributed by atoms with Gasteiger partial charge in [0.1, 0.15) is 0 Å². The van der Waals surface area contributed by atoms with Gasteiger partial charge in [0.2, 0.25) is 5.91 Å². The van der Waals surface area contributed by atoms with Crippen LogP contribution in [0.4, 0.5) is 5.69 Å². The quantitative estimate of drug-likeness (QED) is 0.411. The number of anilines is 1. The summed E-state index contributed by atoms with van der Waals surface area (Å²) < 4.78 is 0. The van der Waals surface area contributed by atoms with E-state index in [1.807, 2.05) is 18.2 Å². The summed E-state index contributed by atoms with van der Waals surface area (Å²) in [5.41, 5.74) is 4.31. The number of amides is 1. The second-order valence-corrected chi connectivity index (χ2v) is 6.46. The SMILES string of the molecule is O=C(CCN1CCN(c2ccccc2)CC1)NN=Cc1ccc(O)c(O)c1. The van der Waals surface area contributed by atoms with Crippen LogP contribution in [-0.4, -0.2) is 60.0 Å². The van der Waals surface area contributed by atoms with Gasteiger partial charge in [0.05, 0.1) is 6.21 Å². The van der Waals surface area contributed by atoms with Crippen LogP contribution in [0.25, 0.3) is 0 Å². The maximum Gasteiger partial charge on any atom is 0.241 e. The Morgan fingerprint density at radius 3 is 2.48 bits per heavy atom. The number of benzene rings is 2. The van der Waals surface area contributed by atoms with Gasteiger partial charge in [-0.05, 0) is 35.9 Å². The van der Waals surface area contributed by atoms with Gasteiger partial charge in [-0.15, -0.1) is 0 Å². The number of hydrazone groups is 1. The molecule has 27 heavy (non-hydrogen) atoms. The second-order valence-electron chi connectivity index (χ2n) is 6.46. The number of para-hydroxylation sites is 1. The third kappa shape index (κ3) is 5.46. The first kappa shape index (κ1) is 18.7. The largest absolute Gasteiger partial charge is 0.504 e. The molecular weight excluding hydrogens is 344 g/mol. The van der Waals surface area contributed by atoms with Crippen LogP contribution in [0.3, 0.4) is 0 Å². The molecule has 1 aliphatic rings. The maximum atomic E-state index is 11.9. The highest BCUT2D eigenvalue weighted by Crippen LogP contribution is 2.23. The topological polar surface area (TPSA) is 88.4 Å². The van der Waals surface area contributed by atoms with Crippen LogP contribution in [-0.2, 0) is 4.79 Å². The van der Waals surface area contributed by atoms with E-state index >= 15 is 0 Å². The Labute approximate surface area is 158 Å². The molecule has 142 valence electrons. The smallest absolute Gasteiger partial charge is 0.241 e. The molecule has 3 rings (SSSR count). The maximum absolute atomic E-state index is 11.9. The third-order valence-electron chi connectivity index (χ3n) is 4.55. The lowest BCUT2D eigenvalue weighted by Gasteiger charge is -2.36. The molecule has 1 amide bonds. The van der Waals surface area contributed by atoms with Crippen molar-refractivity contribution in [1.82, 2.24) is 10.3 Å². The molecule has 0 aliphatic carbocycles. The number of rotatable bonds is 6. The molecule has 1 heterocycles. The molecule has 1 saturated heterocycles. The number of hydrogen-bond donors (Lipinski definition) is 3. The summed E-state index contributed by atoms with van der Waals surface area (Å²) >= 11 is 0. The van der Waals surface area contributed by atoms with Crippen LogP contribution in [0, 0.1) is 0 Å². The highest BCUT2D eigenvalue weighted by Gasteiger charge is 2.17. The van der Waals surface area contributed by atoms with Gasteiger partial charge < -0.3 is 15.1 Å². The first-order chi connectivity index (χ1) is 13.1. The summed E-state index contributed by atoms with van der Waals surface area (Å²) in [4.78, 5) is 16.6. The number of nitrogens with one attached hydrogen (secondary N) is 1. The summed E-state index contributed by atoms with van der Waals surface area (Å²) in [5.74, 6) is -0.566. The molecule has 2 aromatic carbocycles. The van der Waals surface area contributed by atoms with E-state index < -0.39 is 0 Å². The van der Waals surface area contributed by atoms with Crippen LogP contribution in [0.2, 0.25) is 0 Å². The number of piperazine rings is 1. The number of nitrogens with zero attached hydrogens (tertiary/aromatic N) is 3. The van der Waals surface area contributed by atoms with Crippen LogP contribution in [0.15, 0.2) is 53.6 Å². The van der Waals surface area contributed by atoms with E-state index in [2.05, 4.69) is 32.5 Å². The van der Waals surface area contributed by atoms with Crippen molar-refractivity contribution < 1.29 is 15.0 Å². The summed E-state index contributed by atoms with van der Waals surface area (Å²) in [6, 6.07) is 14.7. The van der Waals surface area contributed by atoms with E-state index in [1.165, 1.54) is 24.0 Å². The molecule has 1 fully saturated rings. The third-order valence-corrected chi connectivity index (χ3v) is 4.55. The molecule has 0 unspecified atom stereocenters. The normalized spacial score (nSPS) is 15.2. The zero-order chi connectivity index (χ0) is 19.1. The Morgan fingerprint density at radius 1 is 1.04 bits per heavy atom. The summed E-state index contributed by atoms with van der Waals surface area (Å²) in [7, 11) is 0. The zero-order valence-corrected chi connectivity index (χ0v) is 15.1. The molecule has 0 bridgehead atoms. The van der Waals surface area contributed by atoms with E-state index in [4.69, 9.17) is 0 Å². The summed E-state index contributed by atoms with van der Waals surface area (Å²) in [5, 5.41) is 22.6. The minimum absolute atomic E-state index is 0.153. The average Bonchev–Trinajstić information content (AvgIpc) is 2.70. The number of aromatic hydroxyl groups is 2. The predicted molar refractivity (Wildman–Crippen MR) is 105 cm³/mol. The van der Waals surface area contributed by atoms with Crippen molar-refractivity contribution in [2.45, 2.75) is 6.42 Å². The van der Waals surface area contributed by atoms with Gasteiger partial charge in [-0.25, -0.2) is 5.43 Å². The molecule has 0 atom stereocenters. The van der Waals surface area contributed by atoms with Crippen molar-refractivity contribution in [3.05, 3.63) is 54.1 Å². The highest BCUT2D eigenvalue weighted by atomic mass is 16.3. The first-order valence-electron chi connectivity index (χ1n) is 8.98. The predicted octanol–water partition coefficient (Wildman–Crippen LogP) is 1.76. The molecular formula is C20H24N4O3. The van der Waals surface area contributed by atoms with Crippen molar-refractivity contribution in [2.75, 3.05) is 37.6 Å². The van der Waals surface area contributed by atoms with Gasteiger partial charge in [0, 0.05) is 44.8 Å². The molecule has 7 nitrogen and oxygen atoms in total. The number of carbonyl (C=O) groups is 1. The molecule has 0 radical (unpaired) electrons.